The second-order valence-electron chi connectivity index (χ2n) is 4.57. The normalized spacial score (nSPS) is 12.9. The number of hydrogen-bond donors (Lipinski definition) is 1. The second-order valence-corrected chi connectivity index (χ2v) is 6.17. The zero-order valence-corrected chi connectivity index (χ0v) is 14.1. The lowest BCUT2D eigenvalue weighted by Crippen LogP contribution is -2.20. The molecule has 0 bridgehead atoms. The van der Waals surface area contributed by atoms with Gasteiger partial charge in [-0.1, -0.05) is 16.8 Å². The number of hydrogen-bond acceptors (Lipinski definition) is 5. The number of halogens is 2. The van der Waals surface area contributed by atoms with Crippen LogP contribution in [0.5, 0.6) is 0 Å². The van der Waals surface area contributed by atoms with Crippen LogP contribution in [0.4, 0.5) is 0 Å². The van der Waals surface area contributed by atoms with E-state index in [1.54, 1.807) is 6.07 Å². The minimum atomic E-state index is -0.410. The maximum Gasteiger partial charge on any atom is 0.259 e. The van der Waals surface area contributed by atoms with Crippen molar-refractivity contribution >= 4 is 34.2 Å². The Morgan fingerprint density at radius 3 is 2.90 bits per heavy atom. The highest BCUT2D eigenvalue weighted by Gasteiger charge is 2.17. The van der Waals surface area contributed by atoms with Crippen LogP contribution in [0.3, 0.4) is 0 Å². The quantitative estimate of drug-likeness (QED) is 0.769. The fraction of sp³-hybridized carbons (Fsp3) is 0.385. The molecule has 0 amide bonds. The molecule has 0 aliphatic heterocycles. The fourth-order valence-corrected chi connectivity index (χ4v) is 2.27. The Morgan fingerprint density at radius 1 is 1.45 bits per heavy atom. The molecule has 2 aromatic rings. The Hall–Kier alpha value is -0.700. The monoisotopic (exact) mass is 407 g/mol. The Kier molecular flexibility index (Phi) is 5.36. The van der Waals surface area contributed by atoms with E-state index in [4.69, 9.17) is 26.6 Å². The summed E-state index contributed by atoms with van der Waals surface area (Å²) >= 11 is 8.17. The molecular formula is C13H15ClIN3O2. The first-order valence-electron chi connectivity index (χ1n) is 6.13. The average Bonchev–Trinajstić information content (AvgIpc) is 2.88. The van der Waals surface area contributed by atoms with Crippen LogP contribution < -0.4 is 5.73 Å². The molecule has 0 fully saturated rings. The Bertz CT molecular complexity index is 589. The summed E-state index contributed by atoms with van der Waals surface area (Å²) in [5, 5.41) is 4.52. The second kappa shape index (κ2) is 6.84. The highest BCUT2D eigenvalue weighted by atomic mass is 127. The summed E-state index contributed by atoms with van der Waals surface area (Å²) in [5.41, 5.74) is 6.76. The highest BCUT2D eigenvalue weighted by Crippen LogP contribution is 2.27. The van der Waals surface area contributed by atoms with Crippen molar-refractivity contribution < 1.29 is 9.26 Å². The first-order chi connectivity index (χ1) is 9.47. The van der Waals surface area contributed by atoms with Gasteiger partial charge in [0.25, 0.3) is 5.89 Å². The van der Waals surface area contributed by atoms with E-state index in [1.807, 2.05) is 26.0 Å². The van der Waals surface area contributed by atoms with Crippen molar-refractivity contribution in [2.24, 2.45) is 5.73 Å². The van der Waals surface area contributed by atoms with Gasteiger partial charge in [-0.15, -0.1) is 0 Å². The Labute approximate surface area is 136 Å². The van der Waals surface area contributed by atoms with Gasteiger partial charge in [0.15, 0.2) is 5.82 Å². The van der Waals surface area contributed by atoms with E-state index >= 15 is 0 Å². The van der Waals surface area contributed by atoms with Crippen molar-refractivity contribution in [3.05, 3.63) is 32.6 Å². The predicted molar refractivity (Wildman–Crippen MR) is 85.5 cm³/mol. The number of ether oxygens (including phenoxy) is 1. The summed E-state index contributed by atoms with van der Waals surface area (Å²) < 4.78 is 11.7. The van der Waals surface area contributed by atoms with Gasteiger partial charge in [0, 0.05) is 8.59 Å². The largest absolute Gasteiger partial charge is 0.377 e. The lowest BCUT2D eigenvalue weighted by molar-refractivity contribution is 0.0665. The van der Waals surface area contributed by atoms with Crippen LogP contribution in [0.1, 0.15) is 25.7 Å². The first kappa shape index (κ1) is 15.7. The molecule has 5 nitrogen and oxygen atoms in total. The molecule has 1 unspecified atom stereocenters. The summed E-state index contributed by atoms with van der Waals surface area (Å²) in [6.45, 7) is 4.24. The smallest absolute Gasteiger partial charge is 0.259 e. The van der Waals surface area contributed by atoms with Crippen molar-refractivity contribution in [2.45, 2.75) is 26.0 Å². The molecule has 0 radical (unpaired) electrons. The maximum atomic E-state index is 5.98. The topological polar surface area (TPSA) is 74.2 Å². The third-order valence-electron chi connectivity index (χ3n) is 2.54. The summed E-state index contributed by atoms with van der Waals surface area (Å²) in [6.07, 6.45) is 0.112. The SMILES string of the molecule is CC(C)OCC(N)c1noc(-c2cc(Cl)ccc2I)n1. The molecule has 2 rings (SSSR count). The molecule has 1 aromatic heterocycles. The summed E-state index contributed by atoms with van der Waals surface area (Å²) in [6, 6.07) is 5.08. The Morgan fingerprint density at radius 2 is 2.20 bits per heavy atom. The standard InChI is InChI=1S/C13H15ClIN3O2/c1-7(2)19-6-11(16)12-17-13(20-18-12)9-5-8(14)3-4-10(9)15/h3-5,7,11H,6,16H2,1-2H3. The van der Waals surface area contributed by atoms with Gasteiger partial charge in [-0.3, -0.25) is 0 Å². The van der Waals surface area contributed by atoms with E-state index in [0.29, 0.717) is 23.3 Å². The lowest BCUT2D eigenvalue weighted by Gasteiger charge is -2.10. The van der Waals surface area contributed by atoms with Crippen molar-refractivity contribution in [3.8, 4) is 11.5 Å². The van der Waals surface area contributed by atoms with E-state index in [1.165, 1.54) is 0 Å². The zero-order valence-electron chi connectivity index (χ0n) is 11.1. The molecule has 1 atom stereocenters. The molecule has 108 valence electrons. The van der Waals surface area contributed by atoms with Crippen molar-refractivity contribution in [1.29, 1.82) is 0 Å². The van der Waals surface area contributed by atoms with Crippen molar-refractivity contribution in [1.82, 2.24) is 10.1 Å². The summed E-state index contributed by atoms with van der Waals surface area (Å²) in [7, 11) is 0. The molecule has 20 heavy (non-hydrogen) atoms. The predicted octanol–water partition coefficient (Wildman–Crippen LogP) is 3.42. The maximum absolute atomic E-state index is 5.98. The number of nitrogens with two attached hydrogens (primary N) is 1. The van der Waals surface area contributed by atoms with Crippen LogP contribution in [0.2, 0.25) is 5.02 Å². The van der Waals surface area contributed by atoms with Crippen LogP contribution in [-0.2, 0) is 4.74 Å². The molecule has 0 saturated carbocycles. The molecule has 0 aliphatic rings. The summed E-state index contributed by atoms with van der Waals surface area (Å²) in [4.78, 5) is 4.31. The third-order valence-corrected chi connectivity index (χ3v) is 3.72. The van der Waals surface area contributed by atoms with Crippen molar-refractivity contribution in [3.63, 3.8) is 0 Å². The number of rotatable bonds is 5. The highest BCUT2D eigenvalue weighted by molar-refractivity contribution is 14.1. The molecule has 0 spiro atoms. The van der Waals surface area contributed by atoms with E-state index < -0.39 is 6.04 Å². The number of benzene rings is 1. The molecule has 2 N–H and O–H groups in total. The van der Waals surface area contributed by atoms with Gasteiger partial charge in [-0.05, 0) is 54.6 Å². The van der Waals surface area contributed by atoms with Gasteiger partial charge >= 0.3 is 0 Å². The van der Waals surface area contributed by atoms with Crippen LogP contribution in [0, 0.1) is 3.57 Å². The Balaban J connectivity index is 2.18. The fourth-order valence-electron chi connectivity index (χ4n) is 1.53. The number of nitrogens with zero attached hydrogens (tertiary/aromatic N) is 2. The van der Waals surface area contributed by atoms with Gasteiger partial charge in [-0.2, -0.15) is 4.98 Å². The average molecular weight is 408 g/mol. The van der Waals surface area contributed by atoms with Crippen LogP contribution in [0.15, 0.2) is 22.7 Å². The van der Waals surface area contributed by atoms with Crippen LogP contribution >= 0.6 is 34.2 Å². The minimum Gasteiger partial charge on any atom is -0.377 e. The van der Waals surface area contributed by atoms with Gasteiger partial charge in [0.1, 0.15) is 0 Å². The minimum absolute atomic E-state index is 0.112. The molecule has 1 heterocycles. The first-order valence-corrected chi connectivity index (χ1v) is 7.59. The third kappa shape index (κ3) is 3.91. The van der Waals surface area contributed by atoms with Gasteiger partial charge in [0.2, 0.25) is 0 Å². The summed E-state index contributed by atoms with van der Waals surface area (Å²) in [5.74, 6) is 0.836. The molecule has 1 aromatic carbocycles. The molecule has 7 heteroatoms. The number of aromatic nitrogens is 2. The molecular weight excluding hydrogens is 393 g/mol. The van der Waals surface area contributed by atoms with E-state index in [-0.39, 0.29) is 6.10 Å². The van der Waals surface area contributed by atoms with E-state index in [2.05, 4.69) is 32.7 Å². The van der Waals surface area contributed by atoms with Gasteiger partial charge in [-0.25, -0.2) is 0 Å². The van der Waals surface area contributed by atoms with E-state index in [9.17, 15) is 0 Å². The van der Waals surface area contributed by atoms with E-state index in [0.717, 1.165) is 9.13 Å². The van der Waals surface area contributed by atoms with Gasteiger partial charge in [0.05, 0.1) is 24.3 Å². The lowest BCUT2D eigenvalue weighted by atomic mass is 10.2. The molecule has 0 aliphatic carbocycles. The van der Waals surface area contributed by atoms with Crippen LogP contribution in [0.25, 0.3) is 11.5 Å². The van der Waals surface area contributed by atoms with Crippen LogP contribution in [-0.4, -0.2) is 22.9 Å². The van der Waals surface area contributed by atoms with Crippen molar-refractivity contribution in [2.75, 3.05) is 6.61 Å². The zero-order chi connectivity index (χ0) is 14.7. The van der Waals surface area contributed by atoms with Gasteiger partial charge < -0.3 is 15.0 Å². The molecule has 0 saturated heterocycles.